The van der Waals surface area contributed by atoms with Crippen LogP contribution >= 0.6 is 11.6 Å². The number of hydrogen-bond acceptors (Lipinski definition) is 5. The summed E-state index contributed by atoms with van der Waals surface area (Å²) in [6.07, 6.45) is 0.0179. The number of phenolic OH excluding ortho intramolecular Hbond substituents is 1. The number of phenols is 1. The van der Waals surface area contributed by atoms with E-state index in [2.05, 4.69) is 5.10 Å². The second kappa shape index (κ2) is 8.96. The number of hydrogen-bond donors (Lipinski definition) is 2. The number of ether oxygens (including phenoxy) is 1. The summed E-state index contributed by atoms with van der Waals surface area (Å²) in [6.45, 7) is 2.20. The highest BCUT2D eigenvalue weighted by Crippen LogP contribution is 2.37. The Labute approximate surface area is 173 Å². The summed E-state index contributed by atoms with van der Waals surface area (Å²) in [5.41, 5.74) is 2.26. The number of hydrazone groups is 1. The van der Waals surface area contributed by atoms with E-state index in [0.29, 0.717) is 29.5 Å². The van der Waals surface area contributed by atoms with Gasteiger partial charge in [-0.2, -0.15) is 5.10 Å². The fraction of sp³-hybridized carbons (Fsp3) is 0.286. The third-order valence-corrected chi connectivity index (χ3v) is 4.82. The number of aliphatic carboxylic acids is 1. The predicted octanol–water partition coefficient (Wildman–Crippen LogP) is 3.99. The van der Waals surface area contributed by atoms with Gasteiger partial charge in [-0.05, 0) is 42.3 Å². The van der Waals surface area contributed by atoms with Crippen molar-refractivity contribution in [3.05, 3.63) is 58.6 Å². The Bertz CT molecular complexity index is 943. The highest BCUT2D eigenvalue weighted by Gasteiger charge is 2.33. The Morgan fingerprint density at radius 3 is 2.59 bits per heavy atom. The Morgan fingerprint density at radius 2 is 1.93 bits per heavy atom. The summed E-state index contributed by atoms with van der Waals surface area (Å²) in [5.74, 6) is -1.09. The molecule has 0 radical (unpaired) electrons. The van der Waals surface area contributed by atoms with Crippen molar-refractivity contribution >= 4 is 29.2 Å². The standard InChI is InChI=1S/C21H21ClN2O5/c1-2-29-19-11-14(5-8-18(19)25)17-12-16(13-3-6-15(22)7-4-13)23-24(17)20(26)9-10-21(27)28/h3-8,11,17,25H,2,9-10,12H2,1H3,(H,27,28). The molecule has 1 atom stereocenters. The van der Waals surface area contributed by atoms with Crippen molar-refractivity contribution in [2.24, 2.45) is 5.10 Å². The van der Waals surface area contributed by atoms with Gasteiger partial charge < -0.3 is 14.9 Å². The van der Waals surface area contributed by atoms with Gasteiger partial charge in [-0.1, -0.05) is 29.8 Å². The normalized spacial score (nSPS) is 15.9. The van der Waals surface area contributed by atoms with Crippen molar-refractivity contribution < 1.29 is 24.5 Å². The quantitative estimate of drug-likeness (QED) is 0.711. The number of carboxylic acids is 1. The summed E-state index contributed by atoms with van der Waals surface area (Å²) in [7, 11) is 0. The number of halogens is 1. The molecule has 0 aliphatic carbocycles. The van der Waals surface area contributed by atoms with Crippen LogP contribution in [0.1, 0.15) is 43.4 Å². The zero-order valence-electron chi connectivity index (χ0n) is 15.8. The van der Waals surface area contributed by atoms with Crippen LogP contribution in [0.15, 0.2) is 47.6 Å². The van der Waals surface area contributed by atoms with Crippen LogP contribution in [0.3, 0.4) is 0 Å². The summed E-state index contributed by atoms with van der Waals surface area (Å²) in [6, 6.07) is 11.6. The van der Waals surface area contributed by atoms with Crippen LogP contribution in [-0.2, 0) is 9.59 Å². The molecule has 29 heavy (non-hydrogen) atoms. The van der Waals surface area contributed by atoms with Gasteiger partial charge in [-0.25, -0.2) is 5.01 Å². The van der Waals surface area contributed by atoms with Crippen molar-refractivity contribution in [3.8, 4) is 11.5 Å². The van der Waals surface area contributed by atoms with Crippen molar-refractivity contribution in [2.45, 2.75) is 32.2 Å². The van der Waals surface area contributed by atoms with Gasteiger partial charge in [0, 0.05) is 17.9 Å². The first kappa shape index (κ1) is 20.7. The molecule has 0 saturated heterocycles. The Hall–Kier alpha value is -3.06. The van der Waals surface area contributed by atoms with Crippen molar-refractivity contribution in [3.63, 3.8) is 0 Å². The summed E-state index contributed by atoms with van der Waals surface area (Å²) < 4.78 is 5.45. The zero-order valence-corrected chi connectivity index (χ0v) is 16.6. The van der Waals surface area contributed by atoms with Crippen LogP contribution in [0.4, 0.5) is 0 Å². The molecule has 2 aromatic carbocycles. The maximum Gasteiger partial charge on any atom is 0.303 e. The average molecular weight is 417 g/mol. The molecule has 3 rings (SSSR count). The molecular weight excluding hydrogens is 396 g/mol. The van der Waals surface area contributed by atoms with Gasteiger partial charge in [-0.3, -0.25) is 9.59 Å². The van der Waals surface area contributed by atoms with Crippen LogP contribution in [0.2, 0.25) is 5.02 Å². The number of amides is 1. The molecule has 1 unspecified atom stereocenters. The molecule has 1 aliphatic rings. The highest BCUT2D eigenvalue weighted by atomic mass is 35.5. The third kappa shape index (κ3) is 4.86. The molecule has 152 valence electrons. The summed E-state index contributed by atoms with van der Waals surface area (Å²) in [4.78, 5) is 23.6. The molecule has 1 aliphatic heterocycles. The largest absolute Gasteiger partial charge is 0.504 e. The maximum atomic E-state index is 12.7. The van der Waals surface area contributed by atoms with E-state index in [-0.39, 0.29) is 24.5 Å². The summed E-state index contributed by atoms with van der Waals surface area (Å²) >= 11 is 5.96. The zero-order chi connectivity index (χ0) is 21.0. The molecule has 2 aromatic rings. The lowest BCUT2D eigenvalue weighted by Crippen LogP contribution is -2.27. The number of carboxylic acid groups (broad SMARTS) is 1. The first-order valence-corrected chi connectivity index (χ1v) is 9.59. The van der Waals surface area contributed by atoms with E-state index < -0.39 is 12.0 Å². The molecule has 0 aromatic heterocycles. The van der Waals surface area contributed by atoms with Crippen LogP contribution in [-0.4, -0.2) is 39.4 Å². The molecule has 8 heteroatoms. The lowest BCUT2D eigenvalue weighted by atomic mass is 9.98. The number of benzene rings is 2. The molecule has 0 fully saturated rings. The number of carbonyl (C=O) groups excluding carboxylic acids is 1. The first-order valence-electron chi connectivity index (χ1n) is 9.22. The smallest absolute Gasteiger partial charge is 0.303 e. The summed E-state index contributed by atoms with van der Waals surface area (Å²) in [5, 5.41) is 25.3. The van der Waals surface area contributed by atoms with Crippen LogP contribution in [0, 0.1) is 0 Å². The van der Waals surface area contributed by atoms with Crippen LogP contribution in [0.25, 0.3) is 0 Å². The van der Waals surface area contributed by atoms with E-state index in [0.717, 1.165) is 11.1 Å². The van der Waals surface area contributed by atoms with Crippen LogP contribution < -0.4 is 4.74 Å². The second-order valence-corrected chi connectivity index (χ2v) is 7.00. The van der Waals surface area contributed by atoms with Gasteiger partial charge in [0.1, 0.15) is 0 Å². The number of nitrogens with zero attached hydrogens (tertiary/aromatic N) is 2. The lowest BCUT2D eigenvalue weighted by molar-refractivity contribution is -0.141. The van der Waals surface area contributed by atoms with Gasteiger partial charge in [0.2, 0.25) is 5.91 Å². The maximum absolute atomic E-state index is 12.7. The Kier molecular flexibility index (Phi) is 6.39. The van der Waals surface area contributed by atoms with Crippen LogP contribution in [0.5, 0.6) is 11.5 Å². The molecule has 7 nitrogen and oxygen atoms in total. The topological polar surface area (TPSA) is 99.4 Å². The lowest BCUT2D eigenvalue weighted by Gasteiger charge is -2.22. The minimum atomic E-state index is -1.04. The van der Waals surface area contributed by atoms with Crippen molar-refractivity contribution in [2.75, 3.05) is 6.61 Å². The van der Waals surface area contributed by atoms with Crippen molar-refractivity contribution in [1.29, 1.82) is 0 Å². The van der Waals surface area contributed by atoms with E-state index in [4.69, 9.17) is 21.4 Å². The Morgan fingerprint density at radius 1 is 1.21 bits per heavy atom. The highest BCUT2D eigenvalue weighted by molar-refractivity contribution is 6.30. The SMILES string of the molecule is CCOc1cc(C2CC(c3ccc(Cl)cc3)=NN2C(=O)CCC(=O)O)ccc1O. The molecule has 0 saturated carbocycles. The monoisotopic (exact) mass is 416 g/mol. The molecule has 0 bridgehead atoms. The Balaban J connectivity index is 1.93. The van der Waals surface area contributed by atoms with Gasteiger partial charge in [0.05, 0.1) is 24.8 Å². The van der Waals surface area contributed by atoms with Gasteiger partial charge in [-0.15, -0.1) is 0 Å². The van der Waals surface area contributed by atoms with Gasteiger partial charge in [0.15, 0.2) is 11.5 Å². The minimum Gasteiger partial charge on any atom is -0.504 e. The van der Waals surface area contributed by atoms with Gasteiger partial charge >= 0.3 is 5.97 Å². The second-order valence-electron chi connectivity index (χ2n) is 6.57. The molecular formula is C21H21ClN2O5. The van der Waals surface area contributed by atoms with Crippen molar-refractivity contribution in [1.82, 2.24) is 5.01 Å². The number of rotatable bonds is 7. The third-order valence-electron chi connectivity index (χ3n) is 4.56. The van der Waals surface area contributed by atoms with E-state index in [9.17, 15) is 14.7 Å². The van der Waals surface area contributed by atoms with E-state index >= 15 is 0 Å². The van der Waals surface area contributed by atoms with E-state index in [1.165, 1.54) is 11.1 Å². The van der Waals surface area contributed by atoms with E-state index in [1.54, 1.807) is 24.3 Å². The fourth-order valence-electron chi connectivity index (χ4n) is 3.15. The molecule has 0 spiro atoms. The first-order chi connectivity index (χ1) is 13.9. The molecule has 1 amide bonds. The van der Waals surface area contributed by atoms with Gasteiger partial charge in [0.25, 0.3) is 0 Å². The van der Waals surface area contributed by atoms with E-state index in [1.807, 2.05) is 19.1 Å². The fourth-order valence-corrected chi connectivity index (χ4v) is 3.28. The predicted molar refractivity (Wildman–Crippen MR) is 108 cm³/mol. The number of aromatic hydroxyl groups is 1. The average Bonchev–Trinajstić information content (AvgIpc) is 3.14. The molecule has 1 heterocycles. The number of carbonyl (C=O) groups is 2. The minimum absolute atomic E-state index is 0.0104. The molecule has 2 N–H and O–H groups in total.